The van der Waals surface area contributed by atoms with Crippen LogP contribution < -0.4 is 11.1 Å². The van der Waals surface area contributed by atoms with Gasteiger partial charge in [-0.2, -0.15) is 0 Å². The summed E-state index contributed by atoms with van der Waals surface area (Å²) in [7, 11) is 0. The van der Waals surface area contributed by atoms with Gasteiger partial charge >= 0.3 is 0 Å². The molecule has 1 heterocycles. The van der Waals surface area contributed by atoms with Gasteiger partial charge in [-0.1, -0.05) is 20.8 Å². The molecule has 2 atom stereocenters. The first kappa shape index (κ1) is 19.7. The number of nitrogens with one attached hydrogen (secondary N) is 1. The van der Waals surface area contributed by atoms with E-state index in [0.717, 1.165) is 31.8 Å². The third kappa shape index (κ3) is 4.12. The highest BCUT2D eigenvalue weighted by Gasteiger charge is 2.62. The number of likely N-dealkylation sites (tertiary alicyclic amines) is 1. The van der Waals surface area contributed by atoms with Gasteiger partial charge in [0, 0.05) is 25.0 Å². The van der Waals surface area contributed by atoms with Gasteiger partial charge in [-0.05, 0) is 58.2 Å². The van der Waals surface area contributed by atoms with Crippen LogP contribution in [0, 0.1) is 11.3 Å². The quantitative estimate of drug-likeness (QED) is 0.665. The van der Waals surface area contributed by atoms with Gasteiger partial charge in [0.1, 0.15) is 5.54 Å². The van der Waals surface area contributed by atoms with Crippen LogP contribution in [0.15, 0.2) is 0 Å². The van der Waals surface area contributed by atoms with Crippen molar-refractivity contribution in [3.05, 3.63) is 0 Å². The summed E-state index contributed by atoms with van der Waals surface area (Å²) in [5.41, 5.74) is 5.29. The van der Waals surface area contributed by atoms with E-state index in [4.69, 9.17) is 10.5 Å². The lowest BCUT2D eigenvalue weighted by molar-refractivity contribution is -0.170. The highest BCUT2D eigenvalue weighted by molar-refractivity contribution is 5.88. The lowest BCUT2D eigenvalue weighted by atomic mass is 9.54. The Morgan fingerprint density at radius 1 is 1.29 bits per heavy atom. The number of hydrogen-bond acceptors (Lipinski definition) is 4. The number of nitrogens with zero attached hydrogens (tertiary/aromatic N) is 1. The van der Waals surface area contributed by atoms with Crippen molar-refractivity contribution in [2.24, 2.45) is 17.1 Å². The Morgan fingerprint density at radius 2 is 1.96 bits per heavy atom. The molecule has 24 heavy (non-hydrogen) atoms. The van der Waals surface area contributed by atoms with Gasteiger partial charge in [-0.15, -0.1) is 0 Å². The average Bonchev–Trinajstić information content (AvgIpc) is 2.55. The van der Waals surface area contributed by atoms with Crippen molar-refractivity contribution in [1.82, 2.24) is 10.2 Å². The molecule has 5 heteroatoms. The number of carbonyl (C=O) groups excluding carboxylic acids is 1. The minimum atomic E-state index is -0.796. The standard InChI is InChI=1S/C19H37N3O2/c1-5-24-16-14-19(20,18(16,3)4)17(23)21-10-6-7-11-22-12-8-15(2)9-13-22/h15-16H,5-14,20H2,1-4H3,(H,21,23). The molecule has 1 saturated heterocycles. The normalized spacial score (nSPS) is 30.8. The van der Waals surface area contributed by atoms with Gasteiger partial charge in [0.15, 0.2) is 0 Å². The molecule has 2 fully saturated rings. The average molecular weight is 340 g/mol. The Hall–Kier alpha value is -0.650. The Bertz CT molecular complexity index is 419. The molecule has 0 spiro atoms. The molecule has 0 aromatic carbocycles. The molecule has 1 aliphatic heterocycles. The van der Waals surface area contributed by atoms with E-state index in [0.29, 0.717) is 13.0 Å². The molecular formula is C19H37N3O2. The number of piperidine rings is 1. The first-order chi connectivity index (χ1) is 11.3. The van der Waals surface area contributed by atoms with Crippen molar-refractivity contribution in [3.8, 4) is 0 Å². The highest BCUT2D eigenvalue weighted by Crippen LogP contribution is 2.49. The number of hydrogen-bond donors (Lipinski definition) is 2. The van der Waals surface area contributed by atoms with E-state index < -0.39 is 5.54 Å². The van der Waals surface area contributed by atoms with Crippen LogP contribution >= 0.6 is 0 Å². The van der Waals surface area contributed by atoms with E-state index >= 15 is 0 Å². The molecule has 2 aliphatic rings. The van der Waals surface area contributed by atoms with Gasteiger partial charge < -0.3 is 20.7 Å². The van der Waals surface area contributed by atoms with Crippen molar-refractivity contribution < 1.29 is 9.53 Å². The Kier molecular flexibility index (Phi) is 6.68. The fourth-order valence-electron chi connectivity index (χ4n) is 3.93. The van der Waals surface area contributed by atoms with E-state index in [9.17, 15) is 4.79 Å². The second kappa shape index (κ2) is 8.15. The Balaban J connectivity index is 1.63. The summed E-state index contributed by atoms with van der Waals surface area (Å²) in [6, 6.07) is 0. The van der Waals surface area contributed by atoms with Crippen LogP contribution in [0.25, 0.3) is 0 Å². The van der Waals surface area contributed by atoms with Crippen molar-refractivity contribution in [2.45, 2.75) is 71.4 Å². The zero-order valence-electron chi connectivity index (χ0n) is 16.1. The summed E-state index contributed by atoms with van der Waals surface area (Å²) in [4.78, 5) is 15.1. The largest absolute Gasteiger partial charge is 0.378 e. The summed E-state index contributed by atoms with van der Waals surface area (Å²) < 4.78 is 5.69. The molecule has 3 N–H and O–H groups in total. The van der Waals surface area contributed by atoms with Crippen LogP contribution in [0.1, 0.15) is 59.8 Å². The fraction of sp³-hybridized carbons (Fsp3) is 0.947. The predicted octanol–water partition coefficient (Wildman–Crippen LogP) is 2.15. The monoisotopic (exact) mass is 339 g/mol. The van der Waals surface area contributed by atoms with Gasteiger partial charge in [0.25, 0.3) is 0 Å². The molecule has 5 nitrogen and oxygen atoms in total. The third-order valence-corrected chi connectivity index (χ3v) is 6.30. The number of rotatable bonds is 8. The first-order valence-electron chi connectivity index (χ1n) is 9.72. The molecule has 1 saturated carbocycles. The minimum Gasteiger partial charge on any atom is -0.378 e. The molecule has 140 valence electrons. The van der Waals surface area contributed by atoms with Crippen LogP contribution in [0.5, 0.6) is 0 Å². The predicted molar refractivity (Wildman–Crippen MR) is 97.8 cm³/mol. The lowest BCUT2D eigenvalue weighted by Crippen LogP contribution is -2.75. The summed E-state index contributed by atoms with van der Waals surface area (Å²) in [6.07, 6.45) is 5.50. The van der Waals surface area contributed by atoms with Crippen LogP contribution in [0.2, 0.25) is 0 Å². The van der Waals surface area contributed by atoms with Crippen LogP contribution in [-0.4, -0.2) is 55.2 Å². The zero-order chi connectivity index (χ0) is 17.8. The lowest BCUT2D eigenvalue weighted by Gasteiger charge is -2.57. The smallest absolute Gasteiger partial charge is 0.240 e. The maximum Gasteiger partial charge on any atom is 0.240 e. The molecule has 2 rings (SSSR count). The van der Waals surface area contributed by atoms with Crippen LogP contribution in [0.4, 0.5) is 0 Å². The van der Waals surface area contributed by atoms with E-state index in [-0.39, 0.29) is 17.4 Å². The Morgan fingerprint density at radius 3 is 2.54 bits per heavy atom. The number of unbranched alkanes of at least 4 members (excludes halogenated alkanes) is 1. The maximum atomic E-state index is 12.5. The Labute approximate surface area is 147 Å². The fourth-order valence-corrected chi connectivity index (χ4v) is 3.93. The van der Waals surface area contributed by atoms with Gasteiger partial charge in [-0.25, -0.2) is 0 Å². The van der Waals surface area contributed by atoms with Crippen molar-refractivity contribution in [2.75, 3.05) is 32.8 Å². The van der Waals surface area contributed by atoms with Crippen molar-refractivity contribution in [1.29, 1.82) is 0 Å². The molecule has 1 amide bonds. The van der Waals surface area contributed by atoms with Crippen molar-refractivity contribution >= 4 is 5.91 Å². The maximum absolute atomic E-state index is 12.5. The molecule has 0 radical (unpaired) electrons. The number of ether oxygens (including phenoxy) is 1. The molecule has 0 aromatic heterocycles. The summed E-state index contributed by atoms with van der Waals surface area (Å²) in [6.45, 7) is 13.4. The molecule has 0 aromatic rings. The molecular weight excluding hydrogens is 302 g/mol. The van der Waals surface area contributed by atoms with E-state index in [1.54, 1.807) is 0 Å². The molecule has 1 aliphatic carbocycles. The van der Waals surface area contributed by atoms with E-state index in [1.165, 1.54) is 25.9 Å². The summed E-state index contributed by atoms with van der Waals surface area (Å²) in [5.74, 6) is 0.864. The van der Waals surface area contributed by atoms with Crippen molar-refractivity contribution in [3.63, 3.8) is 0 Å². The van der Waals surface area contributed by atoms with Crippen LogP contribution in [0.3, 0.4) is 0 Å². The highest BCUT2D eigenvalue weighted by atomic mass is 16.5. The summed E-state index contributed by atoms with van der Waals surface area (Å²) >= 11 is 0. The van der Waals surface area contributed by atoms with Crippen LogP contribution in [-0.2, 0) is 9.53 Å². The SMILES string of the molecule is CCOC1CC(N)(C(=O)NCCCCN2CCC(C)CC2)C1(C)C. The van der Waals surface area contributed by atoms with Gasteiger partial charge in [-0.3, -0.25) is 4.79 Å². The first-order valence-corrected chi connectivity index (χ1v) is 9.72. The third-order valence-electron chi connectivity index (χ3n) is 6.30. The molecule has 0 bridgehead atoms. The molecule has 2 unspecified atom stereocenters. The summed E-state index contributed by atoms with van der Waals surface area (Å²) in [5, 5.41) is 3.05. The number of amides is 1. The van der Waals surface area contributed by atoms with E-state index in [2.05, 4.69) is 17.1 Å². The van der Waals surface area contributed by atoms with Gasteiger partial charge in [0.05, 0.1) is 6.10 Å². The second-order valence-corrected chi connectivity index (χ2v) is 8.33. The number of nitrogens with two attached hydrogens (primary N) is 1. The zero-order valence-corrected chi connectivity index (χ0v) is 16.1. The number of carbonyl (C=O) groups is 1. The second-order valence-electron chi connectivity index (χ2n) is 8.33. The van der Waals surface area contributed by atoms with Gasteiger partial charge in [0.2, 0.25) is 5.91 Å². The topological polar surface area (TPSA) is 67.6 Å². The minimum absolute atomic E-state index is 0.0183. The van der Waals surface area contributed by atoms with E-state index in [1.807, 2.05) is 20.8 Å².